The van der Waals surface area contributed by atoms with Crippen LogP contribution < -0.4 is 10.1 Å². The zero-order valence-corrected chi connectivity index (χ0v) is 11.3. The smallest absolute Gasteiger partial charge is 0.270 e. The van der Waals surface area contributed by atoms with Crippen molar-refractivity contribution in [2.75, 3.05) is 13.1 Å². The number of rotatable bonds is 4. The molecule has 0 aromatic heterocycles. The number of aliphatic imine (C=N–C) groups is 1. The van der Waals surface area contributed by atoms with Crippen LogP contribution in [0.15, 0.2) is 17.1 Å². The van der Waals surface area contributed by atoms with E-state index in [-0.39, 0.29) is 11.8 Å². The molecule has 102 valence electrons. The number of benzene rings is 1. The van der Waals surface area contributed by atoms with Crippen molar-refractivity contribution in [3.05, 3.63) is 33.4 Å². The van der Waals surface area contributed by atoms with E-state index in [1.807, 2.05) is 20.8 Å². The fourth-order valence-corrected chi connectivity index (χ4v) is 2.14. The van der Waals surface area contributed by atoms with Gasteiger partial charge in [0.2, 0.25) is 0 Å². The molecule has 0 spiro atoms. The number of nitro benzene ring substituents is 1. The summed E-state index contributed by atoms with van der Waals surface area (Å²) < 4.78 is 5.88. The van der Waals surface area contributed by atoms with Crippen molar-refractivity contribution in [1.82, 2.24) is 5.32 Å². The zero-order valence-electron chi connectivity index (χ0n) is 11.3. The molecule has 6 heteroatoms. The molecule has 0 saturated heterocycles. The number of non-ortho nitro benzene ring substituents is 1. The number of nitrogens with zero attached hydrogens (tertiary/aromatic N) is 2. The van der Waals surface area contributed by atoms with E-state index < -0.39 is 4.92 Å². The second kappa shape index (κ2) is 5.26. The van der Waals surface area contributed by atoms with Crippen LogP contribution in [0.5, 0.6) is 5.75 Å². The van der Waals surface area contributed by atoms with Gasteiger partial charge in [-0.1, -0.05) is 0 Å². The van der Waals surface area contributed by atoms with Gasteiger partial charge in [0.05, 0.1) is 11.5 Å². The van der Waals surface area contributed by atoms with E-state index in [1.165, 1.54) is 12.1 Å². The summed E-state index contributed by atoms with van der Waals surface area (Å²) in [5.41, 5.74) is 1.61. The van der Waals surface area contributed by atoms with Gasteiger partial charge in [-0.2, -0.15) is 0 Å². The largest absolute Gasteiger partial charge is 0.482 e. The minimum atomic E-state index is -0.393. The predicted molar refractivity (Wildman–Crippen MR) is 73.0 cm³/mol. The third-order valence-corrected chi connectivity index (χ3v) is 3.04. The molecule has 1 heterocycles. The molecule has 0 amide bonds. The summed E-state index contributed by atoms with van der Waals surface area (Å²) in [5, 5.41) is 13.9. The van der Waals surface area contributed by atoms with Gasteiger partial charge in [0, 0.05) is 18.7 Å². The molecule has 0 saturated carbocycles. The normalized spacial score (nSPS) is 15.6. The van der Waals surface area contributed by atoms with Crippen LogP contribution in [0.2, 0.25) is 0 Å². The first-order valence-corrected chi connectivity index (χ1v) is 6.19. The fourth-order valence-electron chi connectivity index (χ4n) is 2.14. The first-order chi connectivity index (χ1) is 8.99. The second-order valence-electron chi connectivity index (χ2n) is 4.62. The number of nitrogens with one attached hydrogen (secondary N) is 1. The second-order valence-corrected chi connectivity index (χ2v) is 4.62. The maximum Gasteiger partial charge on any atom is 0.270 e. The van der Waals surface area contributed by atoms with Gasteiger partial charge in [0.15, 0.2) is 6.10 Å². The van der Waals surface area contributed by atoms with Crippen LogP contribution in [0.4, 0.5) is 5.69 Å². The average Bonchev–Trinajstić information content (AvgIpc) is 2.86. The molecule has 1 atom stereocenters. The van der Waals surface area contributed by atoms with Gasteiger partial charge in [0.25, 0.3) is 5.69 Å². The average molecular weight is 263 g/mol. The predicted octanol–water partition coefficient (Wildman–Crippen LogP) is 1.98. The van der Waals surface area contributed by atoms with E-state index in [0.717, 1.165) is 30.1 Å². The number of aryl methyl sites for hydroxylation is 2. The molecular weight excluding hydrogens is 246 g/mol. The lowest BCUT2D eigenvalue weighted by atomic mass is 10.1. The summed E-state index contributed by atoms with van der Waals surface area (Å²) >= 11 is 0. The topological polar surface area (TPSA) is 76.8 Å². The molecule has 1 aliphatic heterocycles. The van der Waals surface area contributed by atoms with Gasteiger partial charge < -0.3 is 10.1 Å². The van der Waals surface area contributed by atoms with Crippen molar-refractivity contribution >= 4 is 11.5 Å². The Bertz CT molecular complexity index is 517. The summed E-state index contributed by atoms with van der Waals surface area (Å²) in [6.07, 6.45) is -0.179. The molecule has 1 aromatic rings. The van der Waals surface area contributed by atoms with Crippen LogP contribution in [0.3, 0.4) is 0 Å². The minimum absolute atomic E-state index is 0.0892. The van der Waals surface area contributed by atoms with Crippen molar-refractivity contribution in [3.63, 3.8) is 0 Å². The molecule has 0 radical (unpaired) electrons. The minimum Gasteiger partial charge on any atom is -0.482 e. The maximum absolute atomic E-state index is 10.8. The highest BCUT2D eigenvalue weighted by Crippen LogP contribution is 2.29. The van der Waals surface area contributed by atoms with Gasteiger partial charge in [0.1, 0.15) is 11.6 Å². The van der Waals surface area contributed by atoms with Gasteiger partial charge in [-0.25, -0.2) is 0 Å². The Morgan fingerprint density at radius 1 is 1.42 bits per heavy atom. The van der Waals surface area contributed by atoms with Crippen LogP contribution >= 0.6 is 0 Å². The molecule has 1 N–H and O–H groups in total. The third kappa shape index (κ3) is 2.83. The Morgan fingerprint density at radius 3 is 2.53 bits per heavy atom. The Hall–Kier alpha value is -2.11. The van der Waals surface area contributed by atoms with E-state index in [9.17, 15) is 10.1 Å². The zero-order chi connectivity index (χ0) is 14.0. The highest BCUT2D eigenvalue weighted by Gasteiger charge is 2.19. The molecule has 1 unspecified atom stereocenters. The molecule has 2 rings (SSSR count). The van der Waals surface area contributed by atoms with Gasteiger partial charge in [-0.05, 0) is 31.9 Å². The van der Waals surface area contributed by atoms with Crippen LogP contribution in [0.25, 0.3) is 0 Å². The van der Waals surface area contributed by atoms with E-state index in [1.54, 1.807) is 0 Å². The SMILES string of the molecule is Cc1cc([N+](=O)[O-])cc(C)c1OC(C)C1=NCCN1. The van der Waals surface area contributed by atoms with Crippen molar-refractivity contribution in [2.45, 2.75) is 26.9 Å². The number of hydrogen-bond donors (Lipinski definition) is 1. The quantitative estimate of drug-likeness (QED) is 0.665. The fraction of sp³-hybridized carbons (Fsp3) is 0.462. The molecular formula is C13H17N3O3. The van der Waals surface area contributed by atoms with Gasteiger partial charge in [-0.15, -0.1) is 0 Å². The monoisotopic (exact) mass is 263 g/mol. The van der Waals surface area contributed by atoms with Crippen molar-refractivity contribution in [1.29, 1.82) is 0 Å². The van der Waals surface area contributed by atoms with Crippen LogP contribution in [-0.2, 0) is 0 Å². The molecule has 19 heavy (non-hydrogen) atoms. The first kappa shape index (κ1) is 13.3. The molecule has 1 aliphatic rings. The van der Waals surface area contributed by atoms with Crippen molar-refractivity contribution < 1.29 is 9.66 Å². The Morgan fingerprint density at radius 2 is 2.05 bits per heavy atom. The summed E-state index contributed by atoms with van der Waals surface area (Å²) in [6.45, 7) is 7.14. The highest BCUT2D eigenvalue weighted by atomic mass is 16.6. The highest BCUT2D eigenvalue weighted by molar-refractivity contribution is 5.87. The van der Waals surface area contributed by atoms with E-state index in [4.69, 9.17) is 4.74 Å². The summed E-state index contributed by atoms with van der Waals surface area (Å²) in [6, 6.07) is 3.05. The molecule has 0 fully saturated rings. The molecule has 6 nitrogen and oxygen atoms in total. The summed E-state index contributed by atoms with van der Waals surface area (Å²) in [7, 11) is 0. The van der Waals surface area contributed by atoms with Crippen LogP contribution in [0, 0.1) is 24.0 Å². The van der Waals surface area contributed by atoms with Gasteiger partial charge in [-0.3, -0.25) is 15.1 Å². The van der Waals surface area contributed by atoms with Gasteiger partial charge >= 0.3 is 0 Å². The number of amidine groups is 1. The first-order valence-electron chi connectivity index (χ1n) is 6.19. The lowest BCUT2D eigenvalue weighted by Crippen LogP contribution is -2.33. The summed E-state index contributed by atoms with van der Waals surface area (Å²) in [4.78, 5) is 14.7. The molecule has 0 bridgehead atoms. The number of hydrogen-bond acceptors (Lipinski definition) is 5. The van der Waals surface area contributed by atoms with Crippen molar-refractivity contribution in [3.8, 4) is 5.75 Å². The lowest BCUT2D eigenvalue weighted by molar-refractivity contribution is -0.385. The standard InChI is InChI=1S/C13H17N3O3/c1-8-6-11(16(17)18)7-9(2)12(8)19-10(3)13-14-4-5-15-13/h6-7,10H,4-5H2,1-3H3,(H,14,15). The molecule has 0 aliphatic carbocycles. The Labute approximate surface area is 111 Å². The van der Waals surface area contributed by atoms with Crippen LogP contribution in [-0.4, -0.2) is 30.0 Å². The number of ether oxygens (including phenoxy) is 1. The van der Waals surface area contributed by atoms with Crippen LogP contribution in [0.1, 0.15) is 18.1 Å². The maximum atomic E-state index is 10.8. The Kier molecular flexibility index (Phi) is 3.69. The number of nitro groups is 1. The third-order valence-electron chi connectivity index (χ3n) is 3.04. The van der Waals surface area contributed by atoms with E-state index >= 15 is 0 Å². The lowest BCUT2D eigenvalue weighted by Gasteiger charge is -2.18. The van der Waals surface area contributed by atoms with E-state index in [0.29, 0.717) is 5.75 Å². The summed E-state index contributed by atoms with van der Waals surface area (Å²) in [5.74, 6) is 1.52. The molecule has 1 aromatic carbocycles. The Balaban J connectivity index is 2.23. The van der Waals surface area contributed by atoms with Crippen molar-refractivity contribution in [2.24, 2.45) is 4.99 Å². The van der Waals surface area contributed by atoms with E-state index in [2.05, 4.69) is 10.3 Å².